The van der Waals surface area contributed by atoms with Crippen molar-refractivity contribution >= 4 is 5.69 Å². The monoisotopic (exact) mass is 349 g/mol. The van der Waals surface area contributed by atoms with Crippen molar-refractivity contribution in [3.63, 3.8) is 0 Å². The summed E-state index contributed by atoms with van der Waals surface area (Å²) < 4.78 is 18.1. The molecule has 8 heteroatoms. The number of hydrogen-bond donors (Lipinski definition) is 2. The Morgan fingerprint density at radius 2 is 1.60 bits per heavy atom. The van der Waals surface area contributed by atoms with Gasteiger partial charge in [0.25, 0.3) is 0 Å². The Morgan fingerprint density at radius 1 is 0.960 bits per heavy atom. The molecule has 0 fully saturated rings. The van der Waals surface area contributed by atoms with E-state index in [-0.39, 0.29) is 0 Å². The smallest absolute Gasteiger partial charge is 0.113 e. The number of aromatic nitrogens is 3. The molecule has 0 aliphatic rings. The molecule has 0 saturated heterocycles. The summed E-state index contributed by atoms with van der Waals surface area (Å²) in [6.07, 6.45) is 1.90. The first-order valence-corrected chi connectivity index (χ1v) is 8.43. The summed E-state index contributed by atoms with van der Waals surface area (Å²) in [6.45, 7) is 5.06. The molecule has 3 N–H and O–H groups in total. The molecule has 0 spiro atoms. The van der Waals surface area contributed by atoms with Gasteiger partial charge in [0.15, 0.2) is 0 Å². The van der Waals surface area contributed by atoms with Gasteiger partial charge < -0.3 is 25.3 Å². The molecular formula is C17H27N5O3. The molecule has 1 heterocycles. The summed E-state index contributed by atoms with van der Waals surface area (Å²) in [6, 6.07) is 7.56. The highest BCUT2D eigenvalue weighted by Gasteiger charge is 2.03. The molecule has 1 aromatic carbocycles. The first-order chi connectivity index (χ1) is 12.3. The van der Waals surface area contributed by atoms with Crippen LogP contribution in [-0.4, -0.2) is 68.2 Å². The predicted octanol–water partition coefficient (Wildman–Crippen LogP) is 0.797. The zero-order valence-electron chi connectivity index (χ0n) is 14.7. The zero-order chi connectivity index (χ0) is 17.7. The van der Waals surface area contributed by atoms with Crippen molar-refractivity contribution < 1.29 is 14.2 Å². The van der Waals surface area contributed by atoms with Crippen LogP contribution in [0.3, 0.4) is 0 Å². The third-order valence-electron chi connectivity index (χ3n) is 3.45. The molecule has 0 amide bonds. The van der Waals surface area contributed by atoms with Crippen molar-refractivity contribution in [1.82, 2.24) is 20.3 Å². The van der Waals surface area contributed by atoms with Crippen LogP contribution in [-0.2, 0) is 20.8 Å². The van der Waals surface area contributed by atoms with Crippen LogP contribution in [0.4, 0.5) is 5.69 Å². The minimum atomic E-state index is 0.552. The van der Waals surface area contributed by atoms with Crippen LogP contribution >= 0.6 is 0 Å². The van der Waals surface area contributed by atoms with Gasteiger partial charge in [-0.05, 0) is 19.2 Å². The molecule has 8 nitrogen and oxygen atoms in total. The second kappa shape index (κ2) is 11.5. The first-order valence-electron chi connectivity index (χ1n) is 8.43. The van der Waals surface area contributed by atoms with Crippen LogP contribution < -0.4 is 11.1 Å². The molecule has 0 radical (unpaired) electrons. The quantitative estimate of drug-likeness (QED) is 0.408. The Labute approximate surface area is 148 Å². The molecule has 1 aromatic heterocycles. The number of nitrogens with two attached hydrogens (primary N) is 1. The third kappa shape index (κ3) is 7.61. The third-order valence-corrected chi connectivity index (χ3v) is 3.45. The number of nitrogens with one attached hydrogen (secondary N) is 1. The largest absolute Gasteiger partial charge is 0.399 e. The van der Waals surface area contributed by atoms with E-state index in [1.807, 2.05) is 37.5 Å². The highest BCUT2D eigenvalue weighted by molar-refractivity contribution is 5.60. The van der Waals surface area contributed by atoms with Crippen LogP contribution in [0.15, 0.2) is 30.5 Å². The van der Waals surface area contributed by atoms with Crippen LogP contribution in [0, 0.1) is 0 Å². The van der Waals surface area contributed by atoms with E-state index in [4.69, 9.17) is 19.9 Å². The molecule has 2 rings (SSSR count). The van der Waals surface area contributed by atoms with Gasteiger partial charge in [0.2, 0.25) is 0 Å². The van der Waals surface area contributed by atoms with E-state index in [0.717, 1.165) is 23.5 Å². The maximum atomic E-state index is 5.68. The van der Waals surface area contributed by atoms with Crippen molar-refractivity contribution in [3.05, 3.63) is 30.5 Å². The number of nitrogens with zero attached hydrogens (tertiary/aromatic N) is 3. The lowest BCUT2D eigenvalue weighted by Crippen LogP contribution is -2.17. The normalized spacial score (nSPS) is 11.1. The molecule has 0 unspecified atom stereocenters. The average Bonchev–Trinajstić information content (AvgIpc) is 3.09. The molecule has 2 aromatic rings. The number of benzene rings is 1. The number of hydrogen-bond acceptors (Lipinski definition) is 7. The maximum absolute atomic E-state index is 5.68. The molecule has 0 aliphatic carbocycles. The van der Waals surface area contributed by atoms with E-state index in [9.17, 15) is 0 Å². The first kappa shape index (κ1) is 19.3. The lowest BCUT2D eigenvalue weighted by atomic mass is 10.1. The summed E-state index contributed by atoms with van der Waals surface area (Å²) in [5, 5.41) is 11.3. The van der Waals surface area contributed by atoms with Crippen molar-refractivity contribution in [1.29, 1.82) is 0 Å². The summed E-state index contributed by atoms with van der Waals surface area (Å²) in [5.74, 6) is 0. The van der Waals surface area contributed by atoms with Crippen molar-refractivity contribution in [3.8, 4) is 11.3 Å². The van der Waals surface area contributed by atoms with Gasteiger partial charge in [0.1, 0.15) is 5.69 Å². The molecular weight excluding hydrogens is 322 g/mol. The molecule has 25 heavy (non-hydrogen) atoms. The SMILES string of the molecule is CNCCOCCOCCOCCn1cc(-c2ccc(N)cc2)nn1. The van der Waals surface area contributed by atoms with Gasteiger partial charge in [-0.3, -0.25) is 0 Å². The van der Waals surface area contributed by atoms with Crippen molar-refractivity contribution in [2.75, 3.05) is 59.0 Å². The topological polar surface area (TPSA) is 96.5 Å². The minimum Gasteiger partial charge on any atom is -0.399 e. The Kier molecular flexibility index (Phi) is 8.92. The summed E-state index contributed by atoms with van der Waals surface area (Å²) in [7, 11) is 1.90. The van der Waals surface area contributed by atoms with Gasteiger partial charge in [0, 0.05) is 17.8 Å². The van der Waals surface area contributed by atoms with E-state index in [1.165, 1.54) is 0 Å². The second-order valence-electron chi connectivity index (χ2n) is 5.43. The summed E-state index contributed by atoms with van der Waals surface area (Å²) >= 11 is 0. The maximum Gasteiger partial charge on any atom is 0.113 e. The highest BCUT2D eigenvalue weighted by Crippen LogP contribution is 2.17. The van der Waals surface area contributed by atoms with Crippen LogP contribution in [0.5, 0.6) is 0 Å². The molecule has 138 valence electrons. The van der Waals surface area contributed by atoms with E-state index in [0.29, 0.717) is 46.2 Å². The second-order valence-corrected chi connectivity index (χ2v) is 5.43. The Balaban J connectivity index is 1.52. The lowest BCUT2D eigenvalue weighted by molar-refractivity contribution is 0.0135. The van der Waals surface area contributed by atoms with E-state index in [1.54, 1.807) is 4.68 Å². The fraction of sp³-hybridized carbons (Fsp3) is 0.529. The van der Waals surface area contributed by atoms with Gasteiger partial charge in [-0.25, -0.2) is 4.68 Å². The van der Waals surface area contributed by atoms with E-state index < -0.39 is 0 Å². The Hall–Kier alpha value is -2.00. The van der Waals surface area contributed by atoms with Gasteiger partial charge in [-0.2, -0.15) is 0 Å². The van der Waals surface area contributed by atoms with Gasteiger partial charge in [-0.15, -0.1) is 5.10 Å². The van der Waals surface area contributed by atoms with Crippen LogP contribution in [0.1, 0.15) is 0 Å². The molecule has 0 saturated carbocycles. The van der Waals surface area contributed by atoms with Gasteiger partial charge in [0.05, 0.1) is 52.4 Å². The Morgan fingerprint density at radius 3 is 2.28 bits per heavy atom. The van der Waals surface area contributed by atoms with Crippen LogP contribution in [0.25, 0.3) is 11.3 Å². The number of likely N-dealkylation sites (N-methyl/N-ethyl adjacent to an activating group) is 1. The molecule has 0 atom stereocenters. The summed E-state index contributed by atoms with van der Waals surface area (Å²) in [5.41, 5.74) is 8.23. The highest BCUT2D eigenvalue weighted by atomic mass is 16.5. The number of ether oxygens (including phenoxy) is 3. The van der Waals surface area contributed by atoms with Gasteiger partial charge >= 0.3 is 0 Å². The average molecular weight is 349 g/mol. The van der Waals surface area contributed by atoms with E-state index in [2.05, 4.69) is 15.6 Å². The van der Waals surface area contributed by atoms with Crippen molar-refractivity contribution in [2.24, 2.45) is 0 Å². The zero-order valence-corrected chi connectivity index (χ0v) is 14.7. The van der Waals surface area contributed by atoms with E-state index >= 15 is 0 Å². The standard InChI is InChI=1S/C17H27N5O3/c1-19-6-8-23-10-12-25-13-11-24-9-7-22-14-17(20-21-22)15-2-4-16(18)5-3-15/h2-5,14,19H,6-13,18H2,1H3. The fourth-order valence-electron chi connectivity index (χ4n) is 2.07. The predicted molar refractivity (Wildman–Crippen MR) is 96.3 cm³/mol. The molecule has 0 bridgehead atoms. The Bertz CT molecular complexity index is 588. The number of rotatable bonds is 13. The summed E-state index contributed by atoms with van der Waals surface area (Å²) in [4.78, 5) is 0. The molecule has 0 aliphatic heterocycles. The lowest BCUT2D eigenvalue weighted by Gasteiger charge is -2.06. The number of anilines is 1. The van der Waals surface area contributed by atoms with Gasteiger partial charge in [-0.1, -0.05) is 17.3 Å². The fourth-order valence-corrected chi connectivity index (χ4v) is 2.07. The minimum absolute atomic E-state index is 0.552. The van der Waals surface area contributed by atoms with Crippen LogP contribution in [0.2, 0.25) is 0 Å². The number of nitrogen functional groups attached to an aromatic ring is 1. The van der Waals surface area contributed by atoms with Crippen molar-refractivity contribution in [2.45, 2.75) is 6.54 Å².